The van der Waals surface area contributed by atoms with Crippen molar-refractivity contribution in [3.05, 3.63) is 23.3 Å². The van der Waals surface area contributed by atoms with Crippen molar-refractivity contribution >= 4 is 0 Å². The van der Waals surface area contributed by atoms with Crippen LogP contribution in [0.15, 0.2) is 23.3 Å². The van der Waals surface area contributed by atoms with Gasteiger partial charge in [0.2, 0.25) is 0 Å². The first kappa shape index (κ1) is 22.6. The molecule has 0 aliphatic heterocycles. The predicted octanol–water partition coefficient (Wildman–Crippen LogP) is 7.94. The molecular formula is C29H48O. The smallest absolute Gasteiger partial charge is 0.0543 e. The molecule has 1 unspecified atom stereocenters. The van der Waals surface area contributed by atoms with E-state index in [-0.39, 0.29) is 6.10 Å². The molecular weight excluding hydrogens is 364 g/mol. The highest BCUT2D eigenvalue weighted by atomic mass is 16.3. The Morgan fingerprint density at radius 3 is 2.47 bits per heavy atom. The van der Waals surface area contributed by atoms with Gasteiger partial charge in [-0.25, -0.2) is 0 Å². The fourth-order valence-electron chi connectivity index (χ4n) is 8.83. The van der Waals surface area contributed by atoms with E-state index in [0.717, 1.165) is 36.5 Å². The Kier molecular flexibility index (Phi) is 6.35. The minimum atomic E-state index is -0.0449. The molecule has 4 rings (SSSR count). The minimum absolute atomic E-state index is 0.0449. The molecule has 30 heavy (non-hydrogen) atoms. The van der Waals surface area contributed by atoms with Crippen LogP contribution in [-0.2, 0) is 0 Å². The predicted molar refractivity (Wildman–Crippen MR) is 128 cm³/mol. The van der Waals surface area contributed by atoms with Crippen LogP contribution >= 0.6 is 0 Å². The summed E-state index contributed by atoms with van der Waals surface area (Å²) in [6, 6.07) is 0. The number of rotatable bonds is 5. The lowest BCUT2D eigenvalue weighted by Crippen LogP contribution is -2.49. The summed E-state index contributed by atoms with van der Waals surface area (Å²) in [5.41, 5.74) is 4.49. The van der Waals surface area contributed by atoms with Gasteiger partial charge in [-0.3, -0.25) is 0 Å². The highest BCUT2D eigenvalue weighted by molar-refractivity contribution is 5.27. The number of aliphatic hydroxyl groups is 1. The van der Waals surface area contributed by atoms with Crippen LogP contribution in [0.5, 0.6) is 0 Å². The van der Waals surface area contributed by atoms with Crippen LogP contribution in [0.4, 0.5) is 0 Å². The van der Waals surface area contributed by atoms with Crippen LogP contribution in [0.25, 0.3) is 0 Å². The van der Waals surface area contributed by atoms with Gasteiger partial charge in [0.05, 0.1) is 6.10 Å². The summed E-state index contributed by atoms with van der Waals surface area (Å²) in [6.07, 6.45) is 17.9. The lowest BCUT2D eigenvalue weighted by atomic mass is 9.47. The number of fused-ring (bicyclic) bond motifs is 5. The molecule has 8 atom stereocenters. The first-order valence-corrected chi connectivity index (χ1v) is 13.2. The van der Waals surface area contributed by atoms with E-state index in [1.807, 2.05) is 5.57 Å². The molecule has 3 fully saturated rings. The van der Waals surface area contributed by atoms with E-state index in [9.17, 15) is 5.11 Å². The van der Waals surface area contributed by atoms with Gasteiger partial charge in [0.15, 0.2) is 0 Å². The fourth-order valence-corrected chi connectivity index (χ4v) is 8.83. The van der Waals surface area contributed by atoms with E-state index in [1.165, 1.54) is 51.4 Å². The Balaban J connectivity index is 1.50. The molecule has 4 aliphatic rings. The van der Waals surface area contributed by atoms with Crippen molar-refractivity contribution in [1.82, 2.24) is 0 Å². The molecule has 0 amide bonds. The summed E-state index contributed by atoms with van der Waals surface area (Å²) in [6.45, 7) is 14.7. The summed E-state index contributed by atoms with van der Waals surface area (Å²) >= 11 is 0. The summed E-state index contributed by atoms with van der Waals surface area (Å²) in [5.74, 6) is 4.77. The van der Waals surface area contributed by atoms with Gasteiger partial charge < -0.3 is 5.11 Å². The second-order valence-electron chi connectivity index (χ2n) is 12.4. The van der Waals surface area contributed by atoms with E-state index in [0.29, 0.717) is 22.7 Å². The molecule has 0 aromatic rings. The molecule has 0 heterocycles. The van der Waals surface area contributed by atoms with E-state index < -0.39 is 0 Å². The van der Waals surface area contributed by atoms with Crippen molar-refractivity contribution in [2.24, 2.45) is 46.3 Å². The maximum Gasteiger partial charge on any atom is 0.0543 e. The van der Waals surface area contributed by atoms with Crippen LogP contribution in [0, 0.1) is 46.3 Å². The highest BCUT2D eigenvalue weighted by Crippen LogP contribution is 2.67. The zero-order chi connectivity index (χ0) is 21.7. The monoisotopic (exact) mass is 412 g/mol. The number of allylic oxidation sites excluding steroid dienone is 4. The van der Waals surface area contributed by atoms with Gasteiger partial charge in [-0.05, 0) is 117 Å². The Bertz CT molecular complexity index is 686. The molecule has 170 valence electrons. The zero-order valence-electron chi connectivity index (χ0n) is 20.7. The Morgan fingerprint density at radius 1 is 1.07 bits per heavy atom. The normalized spacial score (nSPS) is 44.9. The average molecular weight is 413 g/mol. The van der Waals surface area contributed by atoms with Gasteiger partial charge in [0.25, 0.3) is 0 Å². The quantitative estimate of drug-likeness (QED) is 0.454. The van der Waals surface area contributed by atoms with Gasteiger partial charge in [0.1, 0.15) is 0 Å². The average Bonchev–Trinajstić information content (AvgIpc) is 3.06. The summed E-state index contributed by atoms with van der Waals surface area (Å²) in [4.78, 5) is 0. The maximum absolute atomic E-state index is 10.3. The number of aliphatic hydroxyl groups excluding tert-OH is 1. The van der Waals surface area contributed by atoms with E-state index >= 15 is 0 Å². The van der Waals surface area contributed by atoms with Crippen molar-refractivity contribution in [1.29, 1.82) is 0 Å². The molecule has 0 aromatic carbocycles. The fraction of sp³-hybridized carbons (Fsp3) is 0.862. The van der Waals surface area contributed by atoms with Crippen LogP contribution in [0.2, 0.25) is 0 Å². The third-order valence-corrected chi connectivity index (χ3v) is 10.8. The lowest BCUT2D eigenvalue weighted by Gasteiger charge is -2.57. The summed E-state index contributed by atoms with van der Waals surface area (Å²) in [7, 11) is 0. The van der Waals surface area contributed by atoms with Crippen LogP contribution < -0.4 is 0 Å². The minimum Gasteiger partial charge on any atom is -0.393 e. The molecule has 1 N–H and O–H groups in total. The third-order valence-electron chi connectivity index (χ3n) is 10.8. The molecule has 0 radical (unpaired) electrons. The van der Waals surface area contributed by atoms with E-state index in [2.05, 4.69) is 53.7 Å². The van der Waals surface area contributed by atoms with E-state index in [1.54, 1.807) is 5.57 Å². The van der Waals surface area contributed by atoms with Crippen molar-refractivity contribution in [3.8, 4) is 0 Å². The SMILES string of the molecule is CC=C(CC[C@@H](C)[C@H]1CC[C@H]2C3=CCC4C[C@@H](O)CC[C@]4(C)[C@H]3CC[C@]12C)C(C)C. The van der Waals surface area contributed by atoms with Crippen molar-refractivity contribution in [2.75, 3.05) is 0 Å². The second kappa shape index (κ2) is 8.42. The largest absolute Gasteiger partial charge is 0.393 e. The first-order chi connectivity index (χ1) is 14.2. The van der Waals surface area contributed by atoms with Gasteiger partial charge in [-0.2, -0.15) is 0 Å². The van der Waals surface area contributed by atoms with Gasteiger partial charge >= 0.3 is 0 Å². The highest BCUT2D eigenvalue weighted by Gasteiger charge is 2.58. The zero-order valence-corrected chi connectivity index (χ0v) is 20.7. The van der Waals surface area contributed by atoms with Crippen molar-refractivity contribution in [2.45, 2.75) is 112 Å². The van der Waals surface area contributed by atoms with Gasteiger partial charge in [0, 0.05) is 0 Å². The first-order valence-electron chi connectivity index (χ1n) is 13.2. The van der Waals surface area contributed by atoms with Crippen LogP contribution in [-0.4, -0.2) is 11.2 Å². The van der Waals surface area contributed by atoms with Crippen molar-refractivity contribution in [3.63, 3.8) is 0 Å². The Labute approximate surface area is 186 Å². The van der Waals surface area contributed by atoms with Gasteiger partial charge in [-0.15, -0.1) is 0 Å². The Hall–Kier alpha value is -0.560. The van der Waals surface area contributed by atoms with E-state index in [4.69, 9.17) is 0 Å². The summed E-state index contributed by atoms with van der Waals surface area (Å²) in [5, 5.41) is 10.3. The Morgan fingerprint density at radius 2 is 1.77 bits per heavy atom. The number of hydrogen-bond acceptors (Lipinski definition) is 1. The van der Waals surface area contributed by atoms with Crippen LogP contribution in [0.3, 0.4) is 0 Å². The standard InChI is InChI=1S/C29H48O/c1-7-21(19(2)3)9-8-20(4)25-12-13-26-24-11-10-22-18-23(30)14-16-28(22,5)27(24)15-17-29(25,26)6/h7,11,19-20,22-23,25-27,30H,8-10,12-18H2,1-6H3/t20-,22?,23+,25-,26+,27+,28+,29-/m1/s1. The number of hydrogen-bond donors (Lipinski definition) is 1. The molecule has 0 bridgehead atoms. The third kappa shape index (κ3) is 3.66. The molecule has 1 heteroatoms. The van der Waals surface area contributed by atoms with Crippen LogP contribution in [0.1, 0.15) is 106 Å². The second-order valence-corrected chi connectivity index (χ2v) is 12.4. The lowest BCUT2D eigenvalue weighted by molar-refractivity contribution is -0.0427. The molecule has 1 nitrogen and oxygen atoms in total. The molecule has 0 saturated heterocycles. The molecule has 4 aliphatic carbocycles. The topological polar surface area (TPSA) is 20.2 Å². The molecule has 0 aromatic heterocycles. The van der Waals surface area contributed by atoms with Crippen molar-refractivity contribution < 1.29 is 5.11 Å². The molecule has 0 spiro atoms. The molecule has 3 saturated carbocycles. The maximum atomic E-state index is 10.3. The summed E-state index contributed by atoms with van der Waals surface area (Å²) < 4.78 is 0. The van der Waals surface area contributed by atoms with Gasteiger partial charge in [-0.1, -0.05) is 57.9 Å².